The van der Waals surface area contributed by atoms with Gasteiger partial charge in [-0.1, -0.05) is 0 Å². The number of carbonyl (C=O) groups excluding carboxylic acids is 1. The van der Waals surface area contributed by atoms with Crippen LogP contribution in [0.4, 0.5) is 10.5 Å². The largest absolute Gasteiger partial charge is 0.474 e. The number of nitrogens with one attached hydrogen (secondary N) is 1. The number of aryl methyl sites for hydroxylation is 1. The van der Waals surface area contributed by atoms with Gasteiger partial charge in [-0.3, -0.25) is 4.98 Å². The first-order chi connectivity index (χ1) is 14.9. The number of hydrogen-bond acceptors (Lipinski definition) is 6. The van der Waals surface area contributed by atoms with E-state index in [1.807, 2.05) is 6.92 Å². The van der Waals surface area contributed by atoms with Crippen LogP contribution < -0.4 is 15.2 Å². The van der Waals surface area contributed by atoms with E-state index in [1.165, 1.54) is 10.9 Å². The average Bonchev–Trinajstić information content (AvgIpc) is 3.30. The summed E-state index contributed by atoms with van der Waals surface area (Å²) in [5.41, 5.74) is 4.85. The minimum atomic E-state index is -3.54. The quantitative estimate of drug-likeness (QED) is 0.740. The average molecular weight is 447 g/mol. The molecule has 0 bridgehead atoms. The van der Waals surface area contributed by atoms with Crippen molar-refractivity contribution in [1.82, 2.24) is 14.8 Å². The van der Waals surface area contributed by atoms with Crippen molar-refractivity contribution in [1.29, 1.82) is 0 Å². The Morgan fingerprint density at radius 3 is 2.97 bits per heavy atom. The van der Waals surface area contributed by atoms with Gasteiger partial charge in [0.25, 0.3) is 0 Å². The summed E-state index contributed by atoms with van der Waals surface area (Å²) in [6, 6.07) is -0.747. The molecule has 3 aliphatic rings. The van der Waals surface area contributed by atoms with Crippen molar-refractivity contribution in [3.05, 3.63) is 28.7 Å². The summed E-state index contributed by atoms with van der Waals surface area (Å²) in [4.78, 5) is 17.8. The molecule has 2 amide bonds. The van der Waals surface area contributed by atoms with E-state index < -0.39 is 15.9 Å². The molecule has 1 aliphatic heterocycles. The first kappa shape index (κ1) is 20.4. The Labute approximate surface area is 180 Å². The molecule has 0 radical (unpaired) electrons. The van der Waals surface area contributed by atoms with Gasteiger partial charge in [-0.25, -0.2) is 18.8 Å². The second-order valence-electron chi connectivity index (χ2n) is 8.30. The molecule has 3 N–H and O–H groups in total. The second-order valence-corrected chi connectivity index (χ2v) is 10.1. The minimum absolute atomic E-state index is 0.104. The number of nitrogens with two attached hydrogens (primary N) is 1. The highest BCUT2D eigenvalue weighted by Crippen LogP contribution is 2.44. The van der Waals surface area contributed by atoms with E-state index >= 15 is 0 Å². The summed E-state index contributed by atoms with van der Waals surface area (Å²) in [5.74, 6) is 0.721. The lowest BCUT2D eigenvalue weighted by Crippen LogP contribution is -2.32. The Kier molecular flexibility index (Phi) is 4.98. The van der Waals surface area contributed by atoms with Gasteiger partial charge in [-0.2, -0.15) is 5.10 Å². The number of hydrogen-bond donors (Lipinski definition) is 2. The predicted molar refractivity (Wildman–Crippen MR) is 114 cm³/mol. The zero-order chi connectivity index (χ0) is 21.8. The lowest BCUT2D eigenvalue weighted by molar-refractivity contribution is 0.0165. The van der Waals surface area contributed by atoms with Crippen molar-refractivity contribution < 1.29 is 18.5 Å². The number of urea groups is 1. The van der Waals surface area contributed by atoms with Crippen molar-refractivity contribution in [2.75, 3.05) is 19.0 Å². The standard InChI is InChI=1S/C20H26N6O4S/c1-11-17(12-6-7-12)23-15-5-3-4-14(15)18(11)24-20(27)25-31(21,28)16-8-22-26-9-13(29-2)10-30-19(16)26/h8,12-13H,3-7,9-10H2,1-2H3,(H3,21,23,24,25,27,28). The SMILES string of the molecule is COC1COc2c(S(N)(=O)=NC(=O)Nc3c(C)c(C4CC4)nc4c3CCC4)cnn2C1. The number of carbonyl (C=O) groups is 1. The third-order valence-electron chi connectivity index (χ3n) is 6.11. The van der Waals surface area contributed by atoms with E-state index in [0.29, 0.717) is 12.5 Å². The third kappa shape index (κ3) is 3.70. The maximum Gasteiger partial charge on any atom is 0.354 e. The van der Waals surface area contributed by atoms with Crippen LogP contribution >= 0.6 is 0 Å². The van der Waals surface area contributed by atoms with Crippen molar-refractivity contribution >= 4 is 21.6 Å². The lowest BCUT2D eigenvalue weighted by Gasteiger charge is -2.23. The summed E-state index contributed by atoms with van der Waals surface area (Å²) in [5, 5.41) is 13.0. The van der Waals surface area contributed by atoms with Crippen LogP contribution in [0, 0.1) is 6.92 Å². The zero-order valence-electron chi connectivity index (χ0n) is 17.6. The topological polar surface area (TPSA) is 134 Å². The molecule has 3 heterocycles. The summed E-state index contributed by atoms with van der Waals surface area (Å²) in [7, 11) is -1.96. The van der Waals surface area contributed by atoms with Gasteiger partial charge in [0.05, 0.1) is 18.4 Å². The molecule has 0 spiro atoms. The van der Waals surface area contributed by atoms with Gasteiger partial charge in [0.2, 0.25) is 5.88 Å². The summed E-state index contributed by atoms with van der Waals surface area (Å²) < 4.78 is 29.4. The molecule has 166 valence electrons. The Morgan fingerprint density at radius 1 is 1.42 bits per heavy atom. The third-order valence-corrected chi connectivity index (χ3v) is 7.46. The molecule has 10 nitrogen and oxygen atoms in total. The summed E-state index contributed by atoms with van der Waals surface area (Å²) in [6.07, 6.45) is 6.19. The highest BCUT2D eigenvalue weighted by Gasteiger charge is 2.32. The number of methoxy groups -OCH3 is 1. The van der Waals surface area contributed by atoms with E-state index in [4.69, 9.17) is 19.6 Å². The molecule has 0 saturated heterocycles. The number of fused-ring (bicyclic) bond motifs is 2. The first-order valence-corrected chi connectivity index (χ1v) is 12.0. The van der Waals surface area contributed by atoms with Crippen molar-refractivity contribution in [3.63, 3.8) is 0 Å². The van der Waals surface area contributed by atoms with E-state index in [9.17, 15) is 9.00 Å². The normalized spacial score (nSPS) is 21.6. The first-order valence-electron chi connectivity index (χ1n) is 10.5. The molecular weight excluding hydrogens is 420 g/mol. The molecular formula is C20H26N6O4S. The fourth-order valence-corrected chi connectivity index (χ4v) is 5.33. The maximum atomic E-state index is 13.1. The van der Waals surface area contributed by atoms with Crippen LogP contribution in [0.5, 0.6) is 5.88 Å². The van der Waals surface area contributed by atoms with Crippen LogP contribution in [0.2, 0.25) is 0 Å². The molecule has 2 aliphatic carbocycles. The van der Waals surface area contributed by atoms with Gasteiger partial charge in [-0.05, 0) is 50.2 Å². The molecule has 2 unspecified atom stereocenters. The van der Waals surface area contributed by atoms with Gasteiger partial charge in [0.15, 0.2) is 9.92 Å². The highest BCUT2D eigenvalue weighted by atomic mass is 32.2. The molecule has 5 rings (SSSR count). The van der Waals surface area contributed by atoms with Gasteiger partial charge in [0, 0.05) is 24.4 Å². The van der Waals surface area contributed by atoms with Crippen LogP contribution in [0.25, 0.3) is 0 Å². The van der Waals surface area contributed by atoms with Gasteiger partial charge in [0.1, 0.15) is 17.6 Å². The van der Waals surface area contributed by atoms with E-state index in [-0.39, 0.29) is 23.5 Å². The summed E-state index contributed by atoms with van der Waals surface area (Å²) >= 11 is 0. The van der Waals surface area contributed by atoms with Crippen LogP contribution in [0.1, 0.15) is 47.7 Å². The van der Waals surface area contributed by atoms with Crippen LogP contribution in [0.15, 0.2) is 15.5 Å². The van der Waals surface area contributed by atoms with Gasteiger partial charge >= 0.3 is 6.03 Å². The molecule has 0 aromatic carbocycles. The van der Waals surface area contributed by atoms with Crippen LogP contribution in [-0.2, 0) is 34.0 Å². The number of aromatic nitrogens is 3. The molecule has 2 aromatic rings. The number of rotatable bonds is 4. The van der Waals surface area contributed by atoms with Gasteiger partial charge in [-0.15, -0.1) is 4.36 Å². The van der Waals surface area contributed by atoms with Crippen LogP contribution in [0.3, 0.4) is 0 Å². The molecule has 1 fully saturated rings. The number of nitrogens with zero attached hydrogens (tertiary/aromatic N) is 4. The van der Waals surface area contributed by atoms with Crippen molar-refractivity contribution in [2.45, 2.75) is 62.5 Å². The van der Waals surface area contributed by atoms with E-state index in [0.717, 1.165) is 60.3 Å². The monoisotopic (exact) mass is 446 g/mol. The highest BCUT2D eigenvalue weighted by molar-refractivity contribution is 7.91. The Balaban J connectivity index is 1.45. The molecule has 1 saturated carbocycles. The molecule has 31 heavy (non-hydrogen) atoms. The number of pyridine rings is 1. The fraction of sp³-hybridized carbons (Fsp3) is 0.550. The van der Waals surface area contributed by atoms with Gasteiger partial charge < -0.3 is 14.8 Å². The second kappa shape index (κ2) is 7.57. The maximum absolute atomic E-state index is 13.1. The number of anilines is 1. The number of amides is 2. The smallest absolute Gasteiger partial charge is 0.354 e. The fourth-order valence-electron chi connectivity index (χ4n) is 4.32. The predicted octanol–water partition coefficient (Wildman–Crippen LogP) is 2.29. The zero-order valence-corrected chi connectivity index (χ0v) is 18.4. The Hall–Kier alpha value is -2.50. The Bertz CT molecular complexity index is 1180. The molecule has 11 heteroatoms. The summed E-state index contributed by atoms with van der Waals surface area (Å²) in [6.45, 7) is 2.70. The molecule has 2 aromatic heterocycles. The van der Waals surface area contributed by atoms with Crippen LogP contribution in [-0.4, -0.2) is 44.8 Å². The van der Waals surface area contributed by atoms with Crippen molar-refractivity contribution in [2.24, 2.45) is 9.50 Å². The Morgan fingerprint density at radius 2 is 2.23 bits per heavy atom. The molecule has 2 atom stereocenters. The van der Waals surface area contributed by atoms with E-state index in [2.05, 4.69) is 14.8 Å². The van der Waals surface area contributed by atoms with E-state index in [1.54, 1.807) is 7.11 Å². The van der Waals surface area contributed by atoms with Crippen molar-refractivity contribution in [3.8, 4) is 5.88 Å². The lowest BCUT2D eigenvalue weighted by atomic mass is 10.0. The number of ether oxygens (including phenoxy) is 2. The minimum Gasteiger partial charge on any atom is -0.474 e.